The summed E-state index contributed by atoms with van der Waals surface area (Å²) in [7, 11) is 0. The van der Waals surface area contributed by atoms with Crippen molar-refractivity contribution >= 4 is 40.2 Å². The number of benzene rings is 1. The average Bonchev–Trinajstić information content (AvgIpc) is 2.34. The van der Waals surface area contributed by atoms with Gasteiger partial charge in [-0.15, -0.1) is 0 Å². The molecule has 0 spiro atoms. The van der Waals surface area contributed by atoms with Gasteiger partial charge in [-0.05, 0) is 54.3 Å². The molecule has 110 valence electrons. The number of rotatable bonds is 7. The van der Waals surface area contributed by atoms with Crippen LogP contribution in [-0.4, -0.2) is 41.0 Å². The molecule has 5 nitrogen and oxygen atoms in total. The fourth-order valence-electron chi connectivity index (χ4n) is 1.91. The van der Waals surface area contributed by atoms with E-state index in [4.69, 9.17) is 5.11 Å². The maximum Gasteiger partial charge on any atom is 0.304 e. The molecule has 0 aliphatic heterocycles. The molecule has 20 heavy (non-hydrogen) atoms. The number of nitrogens with one attached hydrogen (secondary N) is 1. The maximum atomic E-state index is 12.0. The van der Waals surface area contributed by atoms with Gasteiger partial charge in [0.15, 0.2) is 0 Å². The lowest BCUT2D eigenvalue weighted by molar-refractivity contribution is -0.138. The summed E-state index contributed by atoms with van der Waals surface area (Å²) in [5.41, 5.74) is 0.754. The van der Waals surface area contributed by atoms with Crippen molar-refractivity contribution in [2.24, 2.45) is 0 Å². The number of anilines is 1. The van der Waals surface area contributed by atoms with Crippen LogP contribution < -0.4 is 5.32 Å². The van der Waals surface area contributed by atoms with E-state index < -0.39 is 5.97 Å². The van der Waals surface area contributed by atoms with E-state index in [1.165, 1.54) is 0 Å². The fraction of sp³-hybridized carbons (Fsp3) is 0.429. The Kier molecular flexibility index (Phi) is 6.94. The molecule has 0 saturated heterocycles. The Morgan fingerprint density at radius 3 is 2.70 bits per heavy atom. The van der Waals surface area contributed by atoms with Gasteiger partial charge in [-0.2, -0.15) is 0 Å². The summed E-state index contributed by atoms with van der Waals surface area (Å²) >= 11 is 2.18. The summed E-state index contributed by atoms with van der Waals surface area (Å²) in [6.45, 7) is 4.55. The van der Waals surface area contributed by atoms with Gasteiger partial charge in [-0.3, -0.25) is 14.5 Å². The summed E-state index contributed by atoms with van der Waals surface area (Å²) in [6, 6.07) is 7.37. The van der Waals surface area contributed by atoms with E-state index in [0.29, 0.717) is 6.54 Å². The van der Waals surface area contributed by atoms with Crippen LogP contribution in [0.25, 0.3) is 0 Å². The lowest BCUT2D eigenvalue weighted by Gasteiger charge is -2.25. The number of likely N-dealkylation sites (N-methyl/N-ethyl adjacent to an activating group) is 1. The van der Waals surface area contributed by atoms with Crippen LogP contribution in [0.2, 0.25) is 0 Å². The zero-order chi connectivity index (χ0) is 15.1. The molecular formula is C14H19IN2O3. The SMILES string of the molecule is CCN(CC(=O)Nc1cccc(I)c1)C(C)CC(=O)O. The smallest absolute Gasteiger partial charge is 0.304 e. The van der Waals surface area contributed by atoms with Gasteiger partial charge in [0.05, 0.1) is 13.0 Å². The Balaban J connectivity index is 2.57. The molecule has 1 unspecified atom stereocenters. The highest BCUT2D eigenvalue weighted by Gasteiger charge is 2.18. The van der Waals surface area contributed by atoms with Crippen molar-refractivity contribution in [1.29, 1.82) is 0 Å². The highest BCUT2D eigenvalue weighted by atomic mass is 127. The zero-order valence-electron chi connectivity index (χ0n) is 11.6. The minimum absolute atomic E-state index is 0.0321. The highest BCUT2D eigenvalue weighted by Crippen LogP contribution is 2.12. The van der Waals surface area contributed by atoms with E-state index in [1.54, 1.807) is 0 Å². The maximum absolute atomic E-state index is 12.0. The summed E-state index contributed by atoms with van der Waals surface area (Å²) in [5, 5.41) is 11.6. The summed E-state index contributed by atoms with van der Waals surface area (Å²) in [6.07, 6.45) is 0.0321. The second kappa shape index (κ2) is 8.21. The molecule has 1 atom stereocenters. The van der Waals surface area contributed by atoms with Gasteiger partial charge in [0.2, 0.25) is 5.91 Å². The van der Waals surface area contributed by atoms with Gasteiger partial charge < -0.3 is 10.4 Å². The Hall–Kier alpha value is -1.15. The first-order valence-corrected chi connectivity index (χ1v) is 7.51. The second-order valence-electron chi connectivity index (χ2n) is 4.57. The highest BCUT2D eigenvalue weighted by molar-refractivity contribution is 14.1. The van der Waals surface area contributed by atoms with Crippen molar-refractivity contribution in [3.05, 3.63) is 27.8 Å². The quantitative estimate of drug-likeness (QED) is 0.702. The Morgan fingerprint density at radius 2 is 2.15 bits per heavy atom. The third-order valence-corrected chi connectivity index (χ3v) is 3.63. The number of aliphatic carboxylic acids is 1. The molecule has 0 fully saturated rings. The molecule has 0 saturated carbocycles. The lowest BCUT2D eigenvalue weighted by atomic mass is 10.2. The van der Waals surface area contributed by atoms with Crippen molar-refractivity contribution in [1.82, 2.24) is 4.90 Å². The van der Waals surface area contributed by atoms with Crippen molar-refractivity contribution < 1.29 is 14.7 Å². The molecule has 1 aromatic carbocycles. The monoisotopic (exact) mass is 390 g/mol. The number of amides is 1. The Labute approximate surface area is 132 Å². The van der Waals surface area contributed by atoms with Gasteiger partial charge in [-0.1, -0.05) is 13.0 Å². The third kappa shape index (κ3) is 5.87. The molecule has 0 radical (unpaired) electrons. The van der Waals surface area contributed by atoms with Crippen LogP contribution in [0.3, 0.4) is 0 Å². The van der Waals surface area contributed by atoms with Gasteiger partial charge in [0.25, 0.3) is 0 Å². The van der Waals surface area contributed by atoms with E-state index in [1.807, 2.05) is 43.0 Å². The lowest BCUT2D eigenvalue weighted by Crippen LogP contribution is -2.40. The van der Waals surface area contributed by atoms with E-state index in [-0.39, 0.29) is 24.9 Å². The summed E-state index contributed by atoms with van der Waals surface area (Å²) in [5.74, 6) is -0.986. The first-order chi connectivity index (χ1) is 9.42. The van der Waals surface area contributed by atoms with E-state index in [2.05, 4.69) is 27.9 Å². The van der Waals surface area contributed by atoms with Crippen LogP contribution in [0.15, 0.2) is 24.3 Å². The fourth-order valence-corrected chi connectivity index (χ4v) is 2.46. The van der Waals surface area contributed by atoms with E-state index in [0.717, 1.165) is 9.26 Å². The Morgan fingerprint density at radius 1 is 1.45 bits per heavy atom. The zero-order valence-corrected chi connectivity index (χ0v) is 13.8. The predicted octanol–water partition coefficient (Wildman–Crippen LogP) is 2.41. The molecule has 0 bridgehead atoms. The molecule has 0 heterocycles. The number of hydrogen-bond acceptors (Lipinski definition) is 3. The van der Waals surface area contributed by atoms with E-state index >= 15 is 0 Å². The molecule has 0 aromatic heterocycles. The minimum Gasteiger partial charge on any atom is -0.481 e. The van der Waals surface area contributed by atoms with Crippen molar-refractivity contribution in [3.8, 4) is 0 Å². The average molecular weight is 390 g/mol. The number of carbonyl (C=O) groups is 2. The predicted molar refractivity (Wildman–Crippen MR) is 86.8 cm³/mol. The number of carboxylic acids is 1. The largest absolute Gasteiger partial charge is 0.481 e. The van der Waals surface area contributed by atoms with Crippen LogP contribution in [0.1, 0.15) is 20.3 Å². The van der Waals surface area contributed by atoms with Crippen molar-refractivity contribution in [2.45, 2.75) is 26.3 Å². The number of nitrogens with zero attached hydrogens (tertiary/aromatic N) is 1. The normalized spacial score (nSPS) is 12.2. The molecule has 0 aliphatic carbocycles. The van der Waals surface area contributed by atoms with Crippen LogP contribution in [-0.2, 0) is 9.59 Å². The number of carboxylic acid groups (broad SMARTS) is 1. The third-order valence-electron chi connectivity index (χ3n) is 2.95. The molecule has 6 heteroatoms. The summed E-state index contributed by atoms with van der Waals surface area (Å²) < 4.78 is 1.05. The molecule has 2 N–H and O–H groups in total. The first-order valence-electron chi connectivity index (χ1n) is 6.43. The Bertz CT molecular complexity index is 479. The van der Waals surface area contributed by atoms with Crippen LogP contribution in [0.4, 0.5) is 5.69 Å². The van der Waals surface area contributed by atoms with Crippen LogP contribution in [0, 0.1) is 3.57 Å². The molecule has 1 rings (SSSR count). The van der Waals surface area contributed by atoms with E-state index in [9.17, 15) is 9.59 Å². The topological polar surface area (TPSA) is 69.6 Å². The van der Waals surface area contributed by atoms with Crippen LogP contribution >= 0.6 is 22.6 Å². The first kappa shape index (κ1) is 16.9. The minimum atomic E-state index is -0.853. The van der Waals surface area contributed by atoms with Crippen LogP contribution in [0.5, 0.6) is 0 Å². The van der Waals surface area contributed by atoms with Gasteiger partial charge in [0.1, 0.15) is 0 Å². The number of halogens is 1. The standard InChI is InChI=1S/C14H19IN2O3/c1-3-17(10(2)7-14(19)20)9-13(18)16-12-6-4-5-11(15)8-12/h4-6,8,10H,3,7,9H2,1-2H3,(H,16,18)(H,19,20). The summed E-state index contributed by atoms with van der Waals surface area (Å²) in [4.78, 5) is 24.5. The second-order valence-corrected chi connectivity index (χ2v) is 5.81. The van der Waals surface area contributed by atoms with Gasteiger partial charge >= 0.3 is 5.97 Å². The van der Waals surface area contributed by atoms with Gasteiger partial charge in [-0.25, -0.2) is 0 Å². The molecule has 1 amide bonds. The molecule has 1 aromatic rings. The molecular weight excluding hydrogens is 371 g/mol. The van der Waals surface area contributed by atoms with Crippen molar-refractivity contribution in [2.75, 3.05) is 18.4 Å². The van der Waals surface area contributed by atoms with Gasteiger partial charge in [0, 0.05) is 15.3 Å². The number of carbonyl (C=O) groups excluding carboxylic acids is 1. The van der Waals surface area contributed by atoms with Crippen molar-refractivity contribution in [3.63, 3.8) is 0 Å². The molecule has 0 aliphatic rings. The number of hydrogen-bond donors (Lipinski definition) is 2.